The fourth-order valence-electron chi connectivity index (χ4n) is 3.14. The molecule has 0 aliphatic heterocycles. The van der Waals surface area contributed by atoms with Crippen LogP contribution in [0.2, 0.25) is 0 Å². The first-order valence-electron chi connectivity index (χ1n) is 7.87. The highest BCUT2D eigenvalue weighted by Gasteiger charge is 2.18. The van der Waals surface area contributed by atoms with E-state index in [4.69, 9.17) is 4.74 Å². The molecule has 2 saturated carbocycles. The van der Waals surface area contributed by atoms with E-state index in [9.17, 15) is 5.11 Å². The third-order valence-electron chi connectivity index (χ3n) is 4.36. The summed E-state index contributed by atoms with van der Waals surface area (Å²) >= 11 is 0. The van der Waals surface area contributed by atoms with Crippen molar-refractivity contribution in [3.05, 3.63) is 0 Å². The number of aliphatic hydroxyl groups excluding tert-OH is 1. The minimum Gasteiger partial charge on any atom is -0.393 e. The summed E-state index contributed by atoms with van der Waals surface area (Å²) in [4.78, 5) is 0. The summed E-state index contributed by atoms with van der Waals surface area (Å²) in [5, 5.41) is 13.0. The van der Waals surface area contributed by atoms with Gasteiger partial charge in [0.25, 0.3) is 0 Å². The van der Waals surface area contributed by atoms with Crippen molar-refractivity contribution < 1.29 is 9.84 Å². The first-order valence-corrected chi connectivity index (χ1v) is 7.87. The molecule has 0 radical (unpaired) electrons. The van der Waals surface area contributed by atoms with E-state index in [0.717, 1.165) is 45.3 Å². The number of ether oxygens (including phenoxy) is 1. The lowest BCUT2D eigenvalue weighted by molar-refractivity contribution is 0.0267. The van der Waals surface area contributed by atoms with Crippen LogP contribution in [0.4, 0.5) is 0 Å². The maximum atomic E-state index is 9.43. The molecule has 0 aromatic rings. The van der Waals surface area contributed by atoms with E-state index in [-0.39, 0.29) is 6.10 Å². The van der Waals surface area contributed by atoms with E-state index in [0.29, 0.717) is 12.1 Å². The zero-order chi connectivity index (χ0) is 12.6. The number of hydrogen-bond acceptors (Lipinski definition) is 3. The Morgan fingerprint density at radius 2 is 1.67 bits per heavy atom. The molecule has 0 aromatic carbocycles. The van der Waals surface area contributed by atoms with Crippen molar-refractivity contribution in [2.24, 2.45) is 0 Å². The molecule has 0 unspecified atom stereocenters. The van der Waals surface area contributed by atoms with Crippen molar-refractivity contribution in [2.75, 3.05) is 13.2 Å². The number of rotatable bonds is 6. The number of hydrogen-bond donors (Lipinski definition) is 2. The van der Waals surface area contributed by atoms with Gasteiger partial charge < -0.3 is 15.2 Å². The molecule has 0 heterocycles. The molecule has 0 aromatic heterocycles. The maximum absolute atomic E-state index is 9.43. The quantitative estimate of drug-likeness (QED) is 0.717. The largest absolute Gasteiger partial charge is 0.393 e. The predicted octanol–water partition coefficient (Wildman–Crippen LogP) is 2.62. The molecular formula is C15H29NO2. The third kappa shape index (κ3) is 5.25. The van der Waals surface area contributed by atoms with Gasteiger partial charge in [-0.2, -0.15) is 0 Å². The molecule has 2 fully saturated rings. The van der Waals surface area contributed by atoms with Crippen LogP contribution in [0.1, 0.15) is 64.2 Å². The molecule has 0 saturated heterocycles. The van der Waals surface area contributed by atoms with Gasteiger partial charge in [-0.1, -0.05) is 19.3 Å². The van der Waals surface area contributed by atoms with Crippen molar-refractivity contribution in [2.45, 2.75) is 82.5 Å². The van der Waals surface area contributed by atoms with Gasteiger partial charge in [-0.25, -0.2) is 0 Å². The summed E-state index contributed by atoms with van der Waals surface area (Å²) in [6, 6.07) is 0.628. The Bertz CT molecular complexity index is 209. The summed E-state index contributed by atoms with van der Waals surface area (Å²) < 4.78 is 5.91. The summed E-state index contributed by atoms with van der Waals surface area (Å²) in [5.41, 5.74) is 0. The average Bonchev–Trinajstić information content (AvgIpc) is 2.42. The molecule has 106 valence electrons. The summed E-state index contributed by atoms with van der Waals surface area (Å²) in [6.07, 6.45) is 12.5. The van der Waals surface area contributed by atoms with Crippen LogP contribution in [-0.4, -0.2) is 36.5 Å². The Morgan fingerprint density at radius 3 is 2.39 bits per heavy atom. The summed E-state index contributed by atoms with van der Waals surface area (Å²) in [5.74, 6) is 0. The molecule has 2 rings (SSSR count). The smallest absolute Gasteiger partial charge is 0.0575 e. The van der Waals surface area contributed by atoms with E-state index in [1.54, 1.807) is 0 Å². The molecule has 3 nitrogen and oxygen atoms in total. The molecule has 3 heteroatoms. The molecule has 18 heavy (non-hydrogen) atoms. The lowest BCUT2D eigenvalue weighted by Crippen LogP contribution is -2.35. The van der Waals surface area contributed by atoms with E-state index in [1.165, 1.54) is 32.1 Å². The van der Waals surface area contributed by atoms with Crippen molar-refractivity contribution in [1.82, 2.24) is 5.32 Å². The van der Waals surface area contributed by atoms with Crippen LogP contribution in [0.15, 0.2) is 0 Å². The molecular weight excluding hydrogens is 226 g/mol. The minimum atomic E-state index is -0.0438. The van der Waals surface area contributed by atoms with Crippen LogP contribution in [0.25, 0.3) is 0 Å². The normalized spacial score (nSPS) is 30.5. The van der Waals surface area contributed by atoms with Gasteiger partial charge in [0.05, 0.1) is 12.2 Å². The van der Waals surface area contributed by atoms with Crippen LogP contribution in [0.5, 0.6) is 0 Å². The highest BCUT2D eigenvalue weighted by molar-refractivity contribution is 4.76. The van der Waals surface area contributed by atoms with Gasteiger partial charge in [0.15, 0.2) is 0 Å². The second-order valence-corrected chi connectivity index (χ2v) is 5.94. The minimum absolute atomic E-state index is 0.0438. The Labute approximate surface area is 111 Å². The number of aliphatic hydroxyl groups is 1. The zero-order valence-corrected chi connectivity index (χ0v) is 11.6. The molecule has 0 spiro atoms. The van der Waals surface area contributed by atoms with Crippen molar-refractivity contribution in [3.8, 4) is 0 Å². The standard InChI is InChI=1S/C15H29NO2/c17-14-9-7-13(8-10-14)16-11-4-12-18-15-5-2-1-3-6-15/h13-17H,1-12H2. The van der Waals surface area contributed by atoms with E-state index >= 15 is 0 Å². The Kier molecular flexibility index (Phi) is 6.46. The van der Waals surface area contributed by atoms with Crippen LogP contribution in [0, 0.1) is 0 Å². The van der Waals surface area contributed by atoms with Crippen molar-refractivity contribution in [3.63, 3.8) is 0 Å². The number of nitrogens with one attached hydrogen (secondary N) is 1. The van der Waals surface area contributed by atoms with Gasteiger partial charge in [-0.3, -0.25) is 0 Å². The van der Waals surface area contributed by atoms with E-state index in [1.807, 2.05) is 0 Å². The lowest BCUT2D eigenvalue weighted by atomic mass is 9.93. The summed E-state index contributed by atoms with van der Waals surface area (Å²) in [7, 11) is 0. The first-order chi connectivity index (χ1) is 8.84. The highest BCUT2D eigenvalue weighted by Crippen LogP contribution is 2.20. The van der Waals surface area contributed by atoms with Crippen molar-refractivity contribution in [1.29, 1.82) is 0 Å². The van der Waals surface area contributed by atoms with Crippen LogP contribution in [-0.2, 0) is 4.74 Å². The van der Waals surface area contributed by atoms with Gasteiger partial charge >= 0.3 is 0 Å². The molecule has 2 N–H and O–H groups in total. The van der Waals surface area contributed by atoms with Crippen LogP contribution >= 0.6 is 0 Å². The SMILES string of the molecule is OC1CCC(NCCCOC2CCCCC2)CC1. The molecule has 0 atom stereocenters. The molecule has 0 bridgehead atoms. The first kappa shape index (κ1) is 14.3. The second kappa shape index (κ2) is 8.13. The Balaban J connectivity index is 1.43. The van der Waals surface area contributed by atoms with Gasteiger partial charge in [-0.15, -0.1) is 0 Å². The molecule has 0 amide bonds. The fourth-order valence-corrected chi connectivity index (χ4v) is 3.14. The lowest BCUT2D eigenvalue weighted by Gasteiger charge is -2.26. The van der Waals surface area contributed by atoms with E-state index in [2.05, 4.69) is 5.32 Å². The topological polar surface area (TPSA) is 41.5 Å². The van der Waals surface area contributed by atoms with Crippen LogP contribution < -0.4 is 5.32 Å². The van der Waals surface area contributed by atoms with Gasteiger partial charge in [0.2, 0.25) is 0 Å². The maximum Gasteiger partial charge on any atom is 0.0575 e. The predicted molar refractivity (Wildman–Crippen MR) is 73.7 cm³/mol. The second-order valence-electron chi connectivity index (χ2n) is 5.94. The van der Waals surface area contributed by atoms with Gasteiger partial charge in [0.1, 0.15) is 0 Å². The van der Waals surface area contributed by atoms with Crippen molar-refractivity contribution >= 4 is 0 Å². The van der Waals surface area contributed by atoms with Gasteiger partial charge in [0, 0.05) is 12.6 Å². The Morgan fingerprint density at radius 1 is 0.944 bits per heavy atom. The highest BCUT2D eigenvalue weighted by atomic mass is 16.5. The molecule has 2 aliphatic carbocycles. The average molecular weight is 255 g/mol. The van der Waals surface area contributed by atoms with Crippen LogP contribution in [0.3, 0.4) is 0 Å². The Hall–Kier alpha value is -0.120. The van der Waals surface area contributed by atoms with E-state index < -0.39 is 0 Å². The molecule has 2 aliphatic rings. The van der Waals surface area contributed by atoms with Gasteiger partial charge in [-0.05, 0) is 51.5 Å². The third-order valence-corrected chi connectivity index (χ3v) is 4.36. The summed E-state index contributed by atoms with van der Waals surface area (Å²) in [6.45, 7) is 1.97. The monoisotopic (exact) mass is 255 g/mol. The fraction of sp³-hybridized carbons (Fsp3) is 1.00. The zero-order valence-electron chi connectivity index (χ0n) is 11.6.